The maximum Gasteiger partial charge on any atom is 0.138 e. The molecule has 0 aromatic carbocycles. The maximum absolute atomic E-state index is 4.48. The predicted octanol–water partition coefficient (Wildman–Crippen LogP) is 2.62. The Bertz CT molecular complexity index is 408. The molecule has 1 aliphatic rings. The zero-order chi connectivity index (χ0) is 14.5. The van der Waals surface area contributed by atoms with Gasteiger partial charge in [-0.1, -0.05) is 13.8 Å². The van der Waals surface area contributed by atoms with Crippen LogP contribution in [0.5, 0.6) is 0 Å². The zero-order valence-electron chi connectivity index (χ0n) is 12.9. The van der Waals surface area contributed by atoms with E-state index in [0.717, 1.165) is 18.8 Å². The Labute approximate surface area is 130 Å². The third-order valence-electron chi connectivity index (χ3n) is 3.64. The van der Waals surface area contributed by atoms with Crippen molar-refractivity contribution in [2.24, 2.45) is 0 Å². The zero-order valence-corrected chi connectivity index (χ0v) is 14.5. The minimum atomic E-state index is 0.376. The topological polar surface area (TPSA) is 42.7 Å². The van der Waals surface area contributed by atoms with Crippen LogP contribution in [0.4, 0.5) is 0 Å². The van der Waals surface area contributed by atoms with Crippen LogP contribution in [0.2, 0.25) is 0 Å². The number of nitrogens with one attached hydrogen (secondary N) is 1. The first-order chi connectivity index (χ1) is 9.63. The third kappa shape index (κ3) is 3.92. The fourth-order valence-corrected chi connectivity index (χ4v) is 5.67. The minimum Gasteiger partial charge on any atom is -0.313 e. The summed E-state index contributed by atoms with van der Waals surface area (Å²) < 4.78 is 2.05. The van der Waals surface area contributed by atoms with Crippen LogP contribution < -0.4 is 5.32 Å². The van der Waals surface area contributed by atoms with Crippen molar-refractivity contribution in [2.75, 3.05) is 18.1 Å². The molecule has 0 radical (unpaired) electrons. The van der Waals surface area contributed by atoms with Crippen LogP contribution in [0.3, 0.4) is 0 Å². The van der Waals surface area contributed by atoms with Crippen molar-refractivity contribution in [2.45, 2.75) is 56.7 Å². The van der Waals surface area contributed by atoms with Gasteiger partial charge in [-0.25, -0.2) is 9.67 Å². The fourth-order valence-electron chi connectivity index (χ4n) is 2.71. The Morgan fingerprint density at radius 2 is 2.15 bits per heavy atom. The van der Waals surface area contributed by atoms with Crippen molar-refractivity contribution in [1.82, 2.24) is 20.1 Å². The van der Waals surface area contributed by atoms with Crippen molar-refractivity contribution in [1.29, 1.82) is 0 Å². The normalized spacial score (nSPS) is 25.1. The highest BCUT2D eigenvalue weighted by molar-refractivity contribution is 8.07. The third-order valence-corrected chi connectivity index (χ3v) is 6.89. The first kappa shape index (κ1) is 16.2. The van der Waals surface area contributed by atoms with Gasteiger partial charge < -0.3 is 5.32 Å². The fraction of sp³-hybridized carbons (Fsp3) is 0.857. The van der Waals surface area contributed by atoms with Crippen molar-refractivity contribution in [3.05, 3.63) is 12.2 Å². The van der Waals surface area contributed by atoms with E-state index in [1.165, 1.54) is 11.5 Å². The molecule has 20 heavy (non-hydrogen) atoms. The van der Waals surface area contributed by atoms with Gasteiger partial charge in [0.2, 0.25) is 0 Å². The molecule has 1 aromatic heterocycles. The van der Waals surface area contributed by atoms with Crippen LogP contribution in [0.25, 0.3) is 0 Å². The van der Waals surface area contributed by atoms with E-state index < -0.39 is 0 Å². The van der Waals surface area contributed by atoms with Crippen LogP contribution in [-0.2, 0) is 6.42 Å². The molecular weight excluding hydrogens is 288 g/mol. The SMILES string of the molecule is CCNC(Cc1ncnn1C(C)C)C1SCCSC1C. The molecule has 0 saturated carbocycles. The number of rotatable bonds is 6. The summed E-state index contributed by atoms with van der Waals surface area (Å²) in [5.74, 6) is 3.65. The van der Waals surface area contributed by atoms with Crippen LogP contribution in [0, 0.1) is 0 Å². The van der Waals surface area contributed by atoms with Gasteiger partial charge in [0.25, 0.3) is 0 Å². The molecule has 0 bridgehead atoms. The standard InChI is InChI=1S/C14H26N4S2/c1-5-15-12(14-11(4)19-6-7-20-14)8-13-16-9-17-18(13)10(2)3/h9-12,14-15H,5-8H2,1-4H3. The summed E-state index contributed by atoms with van der Waals surface area (Å²) in [4.78, 5) is 4.48. The van der Waals surface area contributed by atoms with E-state index in [-0.39, 0.29) is 0 Å². The predicted molar refractivity (Wildman–Crippen MR) is 89.7 cm³/mol. The highest BCUT2D eigenvalue weighted by atomic mass is 32.2. The van der Waals surface area contributed by atoms with E-state index in [0.29, 0.717) is 22.6 Å². The van der Waals surface area contributed by atoms with Crippen molar-refractivity contribution in [3.8, 4) is 0 Å². The number of thioether (sulfide) groups is 2. The van der Waals surface area contributed by atoms with Crippen molar-refractivity contribution >= 4 is 23.5 Å². The lowest BCUT2D eigenvalue weighted by Gasteiger charge is -2.35. The summed E-state index contributed by atoms with van der Waals surface area (Å²) in [5.41, 5.74) is 0. The Hall–Kier alpha value is -0.200. The number of aromatic nitrogens is 3. The quantitative estimate of drug-likeness (QED) is 0.874. The molecule has 1 aliphatic heterocycles. The van der Waals surface area contributed by atoms with Gasteiger partial charge in [0.05, 0.1) is 0 Å². The van der Waals surface area contributed by atoms with E-state index >= 15 is 0 Å². The minimum absolute atomic E-state index is 0.376. The van der Waals surface area contributed by atoms with Gasteiger partial charge in [-0.3, -0.25) is 0 Å². The average molecular weight is 315 g/mol. The first-order valence-corrected chi connectivity index (χ1v) is 9.58. The van der Waals surface area contributed by atoms with Gasteiger partial charge in [-0.2, -0.15) is 28.6 Å². The van der Waals surface area contributed by atoms with E-state index in [9.17, 15) is 0 Å². The summed E-state index contributed by atoms with van der Waals surface area (Å²) in [6, 6.07) is 0.857. The highest BCUT2D eigenvalue weighted by Gasteiger charge is 2.31. The molecule has 0 aliphatic carbocycles. The average Bonchev–Trinajstić information content (AvgIpc) is 2.87. The van der Waals surface area contributed by atoms with E-state index in [1.54, 1.807) is 6.33 Å². The van der Waals surface area contributed by atoms with E-state index in [4.69, 9.17) is 0 Å². The Morgan fingerprint density at radius 3 is 2.80 bits per heavy atom. The summed E-state index contributed by atoms with van der Waals surface area (Å²) in [7, 11) is 0. The smallest absolute Gasteiger partial charge is 0.138 e. The van der Waals surface area contributed by atoms with Crippen LogP contribution in [0.1, 0.15) is 39.6 Å². The number of likely N-dealkylation sites (N-methyl/N-ethyl adjacent to an activating group) is 1. The summed E-state index contributed by atoms with van der Waals surface area (Å²) >= 11 is 4.21. The second-order valence-electron chi connectivity index (χ2n) is 5.49. The molecule has 114 valence electrons. The van der Waals surface area contributed by atoms with Crippen LogP contribution in [0.15, 0.2) is 6.33 Å². The van der Waals surface area contributed by atoms with Gasteiger partial charge in [0.15, 0.2) is 0 Å². The molecule has 2 rings (SSSR count). The first-order valence-electron chi connectivity index (χ1n) is 7.48. The van der Waals surface area contributed by atoms with Crippen LogP contribution in [-0.4, -0.2) is 49.4 Å². The second-order valence-corrected chi connectivity index (χ2v) is 8.27. The van der Waals surface area contributed by atoms with Crippen LogP contribution >= 0.6 is 23.5 Å². The van der Waals surface area contributed by atoms with E-state index in [2.05, 4.69) is 71.3 Å². The van der Waals surface area contributed by atoms with Crippen molar-refractivity contribution < 1.29 is 0 Å². The second kappa shape index (κ2) is 7.71. The molecular formula is C14H26N4S2. The van der Waals surface area contributed by atoms with Gasteiger partial charge in [0.1, 0.15) is 12.2 Å². The van der Waals surface area contributed by atoms with Gasteiger partial charge in [0, 0.05) is 40.5 Å². The lowest BCUT2D eigenvalue weighted by atomic mass is 10.1. The van der Waals surface area contributed by atoms with Gasteiger partial charge >= 0.3 is 0 Å². The highest BCUT2D eigenvalue weighted by Crippen LogP contribution is 2.34. The molecule has 6 heteroatoms. The number of hydrogen-bond donors (Lipinski definition) is 1. The maximum atomic E-state index is 4.48. The molecule has 2 heterocycles. The molecule has 1 aromatic rings. The summed E-state index contributed by atoms with van der Waals surface area (Å²) in [6.45, 7) is 9.88. The summed E-state index contributed by atoms with van der Waals surface area (Å²) in [6.07, 6.45) is 2.65. The monoisotopic (exact) mass is 314 g/mol. The molecule has 3 unspecified atom stereocenters. The largest absolute Gasteiger partial charge is 0.313 e. The van der Waals surface area contributed by atoms with Gasteiger partial charge in [-0.05, 0) is 20.4 Å². The van der Waals surface area contributed by atoms with Crippen molar-refractivity contribution in [3.63, 3.8) is 0 Å². The molecule has 3 atom stereocenters. The van der Waals surface area contributed by atoms with E-state index in [1.807, 2.05) is 0 Å². The Kier molecular flexibility index (Phi) is 6.23. The molecule has 1 N–H and O–H groups in total. The lowest BCUT2D eigenvalue weighted by molar-refractivity contribution is 0.450. The number of nitrogens with zero attached hydrogens (tertiary/aromatic N) is 3. The molecule has 0 spiro atoms. The Balaban J connectivity index is 2.10. The molecule has 4 nitrogen and oxygen atoms in total. The molecule has 0 amide bonds. The molecule has 1 fully saturated rings. The van der Waals surface area contributed by atoms with Gasteiger partial charge in [-0.15, -0.1) is 0 Å². The molecule has 1 saturated heterocycles. The lowest BCUT2D eigenvalue weighted by Crippen LogP contribution is -2.46. The summed E-state index contributed by atoms with van der Waals surface area (Å²) in [5, 5.41) is 9.39. The Morgan fingerprint density at radius 1 is 1.40 bits per heavy atom. The number of hydrogen-bond acceptors (Lipinski definition) is 5.